The molecule has 3 N–H and O–H groups in total. The van der Waals surface area contributed by atoms with Crippen molar-refractivity contribution in [2.24, 2.45) is 5.73 Å². The first-order valence-electron chi connectivity index (χ1n) is 2.55. The Bertz CT molecular complexity index is 100. The van der Waals surface area contributed by atoms with E-state index >= 15 is 0 Å². The van der Waals surface area contributed by atoms with E-state index < -0.39 is 6.26 Å². The average Bonchev–Trinajstić information content (AvgIpc) is 1.59. The summed E-state index contributed by atoms with van der Waals surface area (Å²) in [7, 11) is 0. The summed E-state index contributed by atoms with van der Waals surface area (Å²) in [5, 5.41) is 0. The van der Waals surface area contributed by atoms with Crippen molar-refractivity contribution in [3.8, 4) is 0 Å². The van der Waals surface area contributed by atoms with Crippen LogP contribution in [-0.2, 0) is 11.8 Å². The van der Waals surface area contributed by atoms with Gasteiger partial charge in [-0.2, -0.15) is 0 Å². The average molecular weight is 153 g/mol. The number of hydrogen-bond donors (Lipinski definition) is 2. The lowest BCUT2D eigenvalue weighted by molar-refractivity contribution is 0.624. The molecule has 0 aliphatic heterocycles. The van der Waals surface area contributed by atoms with Crippen LogP contribution in [0, 0.1) is 0 Å². The summed E-state index contributed by atoms with van der Waals surface area (Å²) in [6.45, 7) is 2.35. The number of nitrogens with two attached hydrogens (primary N) is 1. The third-order valence-electron chi connectivity index (χ3n) is 0.777. The zero-order chi connectivity index (χ0) is 6.62. The Labute approximate surface area is 55.2 Å². The highest BCUT2D eigenvalue weighted by Gasteiger charge is 2.00. The highest BCUT2D eigenvalue weighted by molar-refractivity contribution is 8.11. The zero-order valence-corrected chi connectivity index (χ0v) is 6.71. The molecule has 1 atom stereocenters. The van der Waals surface area contributed by atoms with Gasteiger partial charge in [0.15, 0.2) is 0 Å². The third-order valence-corrected chi connectivity index (χ3v) is 2.47. The van der Waals surface area contributed by atoms with Crippen molar-refractivity contribution in [2.75, 3.05) is 19.4 Å². The predicted molar refractivity (Wildman–Crippen MR) is 41.0 cm³/mol. The molecular formula is C4H12NOPS. The maximum Gasteiger partial charge on any atom is 0.0608 e. The monoisotopic (exact) mass is 153 g/mol. The van der Waals surface area contributed by atoms with E-state index in [2.05, 4.69) is 0 Å². The molecule has 1 unspecified atom stereocenters. The summed E-state index contributed by atoms with van der Waals surface area (Å²) >= 11 is 4.76. The van der Waals surface area contributed by atoms with Crippen LogP contribution in [0.4, 0.5) is 0 Å². The minimum Gasteiger partial charge on any atom is -0.365 e. The minimum absolute atomic E-state index is 0.632. The van der Waals surface area contributed by atoms with Crippen LogP contribution in [0.2, 0.25) is 0 Å². The van der Waals surface area contributed by atoms with E-state index in [1.54, 1.807) is 6.66 Å². The van der Waals surface area contributed by atoms with Crippen molar-refractivity contribution in [1.82, 2.24) is 0 Å². The van der Waals surface area contributed by atoms with Gasteiger partial charge in [-0.05, 0) is 25.8 Å². The molecule has 0 aromatic rings. The topological polar surface area (TPSA) is 46.2 Å². The lowest BCUT2D eigenvalue weighted by Crippen LogP contribution is -2.01. The smallest absolute Gasteiger partial charge is 0.0608 e. The second-order valence-electron chi connectivity index (χ2n) is 1.92. The Balaban J connectivity index is 3.26. The fraction of sp³-hybridized carbons (Fsp3) is 1.00. The SMILES string of the molecule is CP(O)(=S)CCCN. The molecule has 0 heterocycles. The van der Waals surface area contributed by atoms with Gasteiger partial charge in [0.25, 0.3) is 0 Å². The van der Waals surface area contributed by atoms with Gasteiger partial charge in [-0.15, -0.1) is 0 Å². The van der Waals surface area contributed by atoms with Gasteiger partial charge in [-0.25, -0.2) is 0 Å². The second kappa shape index (κ2) is 3.57. The Morgan fingerprint density at radius 2 is 2.25 bits per heavy atom. The summed E-state index contributed by atoms with van der Waals surface area (Å²) in [5.74, 6) is 0. The lowest BCUT2D eigenvalue weighted by atomic mass is 10.5. The predicted octanol–water partition coefficient (Wildman–Crippen LogP) is 0.352. The highest BCUT2D eigenvalue weighted by Crippen LogP contribution is 2.35. The summed E-state index contributed by atoms with van der Waals surface area (Å²) < 4.78 is 0. The molecule has 0 aromatic heterocycles. The van der Waals surface area contributed by atoms with Crippen LogP contribution >= 0.6 is 6.26 Å². The van der Waals surface area contributed by atoms with Crippen molar-refractivity contribution in [2.45, 2.75) is 6.42 Å². The summed E-state index contributed by atoms with van der Waals surface area (Å²) in [6.07, 6.45) is -0.356. The Kier molecular flexibility index (Phi) is 3.82. The molecule has 50 valence electrons. The fourth-order valence-corrected chi connectivity index (χ4v) is 1.54. The third kappa shape index (κ3) is 6.57. The molecule has 0 radical (unpaired) electrons. The zero-order valence-electron chi connectivity index (χ0n) is 5.00. The molecular weight excluding hydrogens is 141 g/mol. The molecule has 8 heavy (non-hydrogen) atoms. The first-order valence-corrected chi connectivity index (χ1v) is 5.94. The maximum absolute atomic E-state index is 9.02. The molecule has 0 rings (SSSR count). The van der Waals surface area contributed by atoms with E-state index in [4.69, 9.17) is 22.4 Å². The normalized spacial score (nSPS) is 17.9. The molecule has 0 saturated heterocycles. The van der Waals surface area contributed by atoms with Gasteiger partial charge >= 0.3 is 0 Å². The molecule has 4 heteroatoms. The molecule has 0 aliphatic rings. The van der Waals surface area contributed by atoms with Crippen LogP contribution in [0.25, 0.3) is 0 Å². The minimum atomic E-state index is -1.93. The van der Waals surface area contributed by atoms with Gasteiger partial charge in [0, 0.05) is 0 Å². The van der Waals surface area contributed by atoms with Gasteiger partial charge in [0.05, 0.1) is 6.26 Å². The first-order chi connectivity index (χ1) is 3.56. The second-order valence-corrected chi connectivity index (χ2v) is 6.83. The molecule has 0 spiro atoms. The van der Waals surface area contributed by atoms with Crippen LogP contribution in [0.1, 0.15) is 6.42 Å². The van der Waals surface area contributed by atoms with E-state index in [0.717, 1.165) is 12.6 Å². The number of hydrogen-bond acceptors (Lipinski definition) is 2. The van der Waals surface area contributed by atoms with Gasteiger partial charge in [-0.1, -0.05) is 11.8 Å². The van der Waals surface area contributed by atoms with Crippen molar-refractivity contribution in [3.63, 3.8) is 0 Å². The summed E-state index contributed by atoms with van der Waals surface area (Å²) in [6, 6.07) is 0. The Hall–Kier alpha value is 0.570. The first kappa shape index (κ1) is 8.57. The molecule has 0 amide bonds. The summed E-state index contributed by atoms with van der Waals surface area (Å²) in [4.78, 5) is 9.02. The van der Waals surface area contributed by atoms with Crippen molar-refractivity contribution < 1.29 is 4.89 Å². The Morgan fingerprint density at radius 1 is 1.75 bits per heavy atom. The standard InChI is InChI=1S/C4H12NOPS/c1-7(6,8)4-2-3-5/h2-5H2,1H3,(H,6,8). The van der Waals surface area contributed by atoms with Gasteiger partial charge in [0.1, 0.15) is 0 Å². The van der Waals surface area contributed by atoms with E-state index in [1.807, 2.05) is 0 Å². The molecule has 0 fully saturated rings. The molecule has 0 saturated carbocycles. The van der Waals surface area contributed by atoms with Crippen LogP contribution < -0.4 is 5.73 Å². The fourth-order valence-electron chi connectivity index (χ4n) is 0.385. The van der Waals surface area contributed by atoms with Gasteiger partial charge < -0.3 is 10.6 Å². The maximum atomic E-state index is 9.02. The number of rotatable bonds is 3. The molecule has 0 bridgehead atoms. The van der Waals surface area contributed by atoms with E-state index in [9.17, 15) is 0 Å². The molecule has 2 nitrogen and oxygen atoms in total. The molecule has 0 aromatic carbocycles. The van der Waals surface area contributed by atoms with E-state index in [0.29, 0.717) is 6.54 Å². The Morgan fingerprint density at radius 3 is 2.38 bits per heavy atom. The van der Waals surface area contributed by atoms with E-state index in [1.165, 1.54) is 0 Å². The van der Waals surface area contributed by atoms with Crippen LogP contribution in [-0.4, -0.2) is 24.3 Å². The van der Waals surface area contributed by atoms with Crippen LogP contribution in [0.3, 0.4) is 0 Å². The van der Waals surface area contributed by atoms with E-state index in [-0.39, 0.29) is 0 Å². The van der Waals surface area contributed by atoms with Gasteiger partial charge in [-0.3, -0.25) is 0 Å². The summed E-state index contributed by atoms with van der Waals surface area (Å²) in [5.41, 5.74) is 5.20. The quantitative estimate of drug-likeness (QED) is 0.575. The molecule has 0 aliphatic carbocycles. The largest absolute Gasteiger partial charge is 0.365 e. The van der Waals surface area contributed by atoms with Crippen LogP contribution in [0.15, 0.2) is 0 Å². The van der Waals surface area contributed by atoms with Crippen molar-refractivity contribution >= 4 is 18.1 Å². The van der Waals surface area contributed by atoms with Crippen molar-refractivity contribution in [3.05, 3.63) is 0 Å². The van der Waals surface area contributed by atoms with Crippen LogP contribution in [0.5, 0.6) is 0 Å². The van der Waals surface area contributed by atoms with Crippen molar-refractivity contribution in [1.29, 1.82) is 0 Å². The highest BCUT2D eigenvalue weighted by atomic mass is 32.4. The lowest BCUT2D eigenvalue weighted by Gasteiger charge is -2.05. The van der Waals surface area contributed by atoms with Gasteiger partial charge in [0.2, 0.25) is 0 Å².